The number of phenols is 1. The zero-order valence-corrected chi connectivity index (χ0v) is 11.7. The number of sulfonamides is 1. The van der Waals surface area contributed by atoms with Gasteiger partial charge in [-0.25, -0.2) is 17.2 Å². The molecule has 0 aliphatic rings. The first-order valence-corrected chi connectivity index (χ1v) is 7.35. The number of benzene rings is 2. The molecule has 0 unspecified atom stereocenters. The fourth-order valence-corrected chi connectivity index (χ4v) is 2.51. The summed E-state index contributed by atoms with van der Waals surface area (Å²) in [4.78, 5) is 12.4. The molecule has 0 saturated heterocycles. The van der Waals surface area contributed by atoms with Crippen molar-refractivity contribution in [1.29, 1.82) is 0 Å². The van der Waals surface area contributed by atoms with Crippen molar-refractivity contribution in [2.75, 3.05) is 0 Å². The molecule has 0 aromatic heterocycles. The van der Waals surface area contributed by atoms with Crippen molar-refractivity contribution in [2.24, 2.45) is 0 Å². The van der Waals surface area contributed by atoms with Gasteiger partial charge in [-0.1, -0.05) is 12.1 Å². The van der Waals surface area contributed by atoms with E-state index < -0.39 is 32.5 Å². The molecule has 9 heteroatoms. The van der Waals surface area contributed by atoms with E-state index in [9.17, 15) is 27.1 Å². The molecule has 0 spiro atoms. The van der Waals surface area contributed by atoms with Crippen LogP contribution in [0, 0.1) is 11.6 Å². The Bertz CT molecular complexity index is 825. The van der Waals surface area contributed by atoms with Crippen LogP contribution in [0.3, 0.4) is 0 Å². The summed E-state index contributed by atoms with van der Waals surface area (Å²) in [5.41, 5.74) is 1.61. The zero-order valence-electron chi connectivity index (χ0n) is 10.9. The van der Waals surface area contributed by atoms with E-state index in [1.165, 1.54) is 24.3 Å². The SMILES string of the molecule is O=C(NNS(=O)(=O)c1cc(F)ccc1F)c1ccccc1O. The maximum atomic E-state index is 13.4. The first-order valence-electron chi connectivity index (χ1n) is 5.86. The second kappa shape index (κ2) is 6.08. The maximum Gasteiger partial charge on any atom is 0.269 e. The van der Waals surface area contributed by atoms with Gasteiger partial charge in [-0.3, -0.25) is 10.2 Å². The Kier molecular flexibility index (Phi) is 4.38. The molecular formula is C13H10F2N2O4S. The molecule has 116 valence electrons. The number of hydrazine groups is 1. The Labute approximate surface area is 124 Å². The lowest BCUT2D eigenvalue weighted by Gasteiger charge is -2.10. The minimum Gasteiger partial charge on any atom is -0.507 e. The van der Waals surface area contributed by atoms with E-state index in [2.05, 4.69) is 0 Å². The number of carbonyl (C=O) groups excluding carboxylic acids is 1. The minimum atomic E-state index is -4.51. The first-order chi connectivity index (χ1) is 10.3. The zero-order chi connectivity index (χ0) is 16.3. The van der Waals surface area contributed by atoms with Crippen LogP contribution in [0.5, 0.6) is 5.75 Å². The molecule has 22 heavy (non-hydrogen) atoms. The lowest BCUT2D eigenvalue weighted by molar-refractivity contribution is 0.0942. The minimum absolute atomic E-state index is 0.190. The van der Waals surface area contributed by atoms with Gasteiger partial charge < -0.3 is 5.11 Å². The van der Waals surface area contributed by atoms with Gasteiger partial charge in [-0.15, -0.1) is 4.83 Å². The lowest BCUT2D eigenvalue weighted by Crippen LogP contribution is -2.41. The van der Waals surface area contributed by atoms with Gasteiger partial charge in [0.2, 0.25) is 0 Å². The molecule has 2 aromatic carbocycles. The average Bonchev–Trinajstić information content (AvgIpc) is 2.48. The largest absolute Gasteiger partial charge is 0.507 e. The van der Waals surface area contributed by atoms with Crippen molar-refractivity contribution in [2.45, 2.75) is 4.90 Å². The Hall–Kier alpha value is -2.52. The highest BCUT2D eigenvalue weighted by molar-refractivity contribution is 7.89. The molecule has 2 aromatic rings. The molecule has 0 aliphatic carbocycles. The predicted octanol–water partition coefficient (Wildman–Crippen LogP) is 1.29. The fraction of sp³-hybridized carbons (Fsp3) is 0. The van der Waals surface area contributed by atoms with Crippen LogP contribution in [-0.2, 0) is 10.0 Å². The third kappa shape index (κ3) is 3.38. The molecule has 0 aliphatic heterocycles. The first kappa shape index (κ1) is 15.9. The highest BCUT2D eigenvalue weighted by Gasteiger charge is 2.21. The van der Waals surface area contributed by atoms with Gasteiger partial charge in [0.05, 0.1) is 5.56 Å². The Balaban J connectivity index is 2.18. The summed E-state index contributed by atoms with van der Waals surface area (Å²) in [6, 6.07) is 7.29. The topological polar surface area (TPSA) is 95.5 Å². The van der Waals surface area contributed by atoms with Crippen LogP contribution in [-0.4, -0.2) is 19.4 Å². The third-order valence-corrected chi connectivity index (χ3v) is 3.89. The van der Waals surface area contributed by atoms with E-state index in [-0.39, 0.29) is 11.3 Å². The van der Waals surface area contributed by atoms with Crippen LogP contribution >= 0.6 is 0 Å². The molecule has 1 amide bonds. The standard InChI is InChI=1S/C13H10F2N2O4S/c14-8-5-6-10(15)12(7-8)22(20,21)17-16-13(19)9-3-1-2-4-11(9)18/h1-7,17-18H,(H,16,19). The van der Waals surface area contributed by atoms with Crippen LogP contribution in [0.2, 0.25) is 0 Å². The highest BCUT2D eigenvalue weighted by atomic mass is 32.2. The molecular weight excluding hydrogens is 318 g/mol. The highest BCUT2D eigenvalue weighted by Crippen LogP contribution is 2.16. The van der Waals surface area contributed by atoms with Gasteiger partial charge in [0.1, 0.15) is 22.3 Å². The number of rotatable bonds is 4. The van der Waals surface area contributed by atoms with Crippen LogP contribution in [0.15, 0.2) is 47.4 Å². The Morgan fingerprint density at radius 2 is 1.77 bits per heavy atom. The van der Waals surface area contributed by atoms with Crippen molar-refractivity contribution in [3.05, 3.63) is 59.7 Å². The fourth-order valence-electron chi connectivity index (χ4n) is 1.58. The Morgan fingerprint density at radius 1 is 1.09 bits per heavy atom. The normalized spacial score (nSPS) is 11.2. The van der Waals surface area contributed by atoms with Crippen molar-refractivity contribution in [1.82, 2.24) is 10.3 Å². The van der Waals surface area contributed by atoms with Crippen molar-refractivity contribution in [3.63, 3.8) is 0 Å². The van der Waals surface area contributed by atoms with Crippen LogP contribution in [0.1, 0.15) is 10.4 Å². The summed E-state index contributed by atoms with van der Waals surface area (Å²) in [6.45, 7) is 0. The molecule has 0 fully saturated rings. The number of hydrogen-bond acceptors (Lipinski definition) is 4. The van der Waals surface area contributed by atoms with E-state index in [4.69, 9.17) is 0 Å². The quantitative estimate of drug-likeness (QED) is 0.737. The molecule has 0 radical (unpaired) electrons. The summed E-state index contributed by atoms with van der Waals surface area (Å²) >= 11 is 0. The monoisotopic (exact) mass is 328 g/mol. The average molecular weight is 328 g/mol. The van der Waals surface area contributed by atoms with Gasteiger partial charge in [0.25, 0.3) is 15.9 Å². The van der Waals surface area contributed by atoms with E-state index in [1.54, 1.807) is 10.3 Å². The second-order valence-electron chi connectivity index (χ2n) is 4.15. The molecule has 2 rings (SSSR count). The second-order valence-corrected chi connectivity index (χ2v) is 5.80. The van der Waals surface area contributed by atoms with Gasteiger partial charge >= 0.3 is 0 Å². The Morgan fingerprint density at radius 3 is 2.45 bits per heavy atom. The maximum absolute atomic E-state index is 13.4. The van der Waals surface area contributed by atoms with E-state index >= 15 is 0 Å². The van der Waals surface area contributed by atoms with E-state index in [0.29, 0.717) is 12.1 Å². The number of phenolic OH excluding ortho intramolecular Hbond substituents is 1. The van der Waals surface area contributed by atoms with Gasteiger partial charge in [-0.05, 0) is 30.3 Å². The third-order valence-electron chi connectivity index (χ3n) is 2.63. The molecule has 0 saturated carbocycles. The van der Waals surface area contributed by atoms with Gasteiger partial charge in [0, 0.05) is 0 Å². The number of nitrogens with one attached hydrogen (secondary N) is 2. The molecule has 3 N–H and O–H groups in total. The smallest absolute Gasteiger partial charge is 0.269 e. The van der Waals surface area contributed by atoms with Crippen LogP contribution in [0.25, 0.3) is 0 Å². The van der Waals surface area contributed by atoms with Crippen molar-refractivity contribution in [3.8, 4) is 5.75 Å². The number of halogens is 2. The van der Waals surface area contributed by atoms with Crippen LogP contribution < -0.4 is 10.3 Å². The number of amides is 1. The summed E-state index contributed by atoms with van der Waals surface area (Å²) < 4.78 is 50.1. The molecule has 0 atom stereocenters. The number of para-hydroxylation sites is 1. The van der Waals surface area contributed by atoms with E-state index in [0.717, 1.165) is 6.07 Å². The predicted molar refractivity (Wildman–Crippen MR) is 72.3 cm³/mol. The summed E-state index contributed by atoms with van der Waals surface area (Å²) in [5.74, 6) is -3.45. The summed E-state index contributed by atoms with van der Waals surface area (Å²) in [5, 5.41) is 9.46. The molecule has 6 nitrogen and oxygen atoms in total. The summed E-state index contributed by atoms with van der Waals surface area (Å²) in [6.07, 6.45) is 0. The van der Waals surface area contributed by atoms with Crippen molar-refractivity contribution >= 4 is 15.9 Å². The van der Waals surface area contributed by atoms with Crippen molar-refractivity contribution < 1.29 is 27.1 Å². The molecule has 0 bridgehead atoms. The number of carbonyl (C=O) groups is 1. The van der Waals surface area contributed by atoms with E-state index in [1.807, 2.05) is 0 Å². The van der Waals surface area contributed by atoms with Crippen LogP contribution in [0.4, 0.5) is 8.78 Å². The summed E-state index contributed by atoms with van der Waals surface area (Å²) in [7, 11) is -4.51. The lowest BCUT2D eigenvalue weighted by atomic mass is 10.2. The van der Waals surface area contributed by atoms with Gasteiger partial charge in [0.15, 0.2) is 0 Å². The molecule has 0 heterocycles. The number of aromatic hydroxyl groups is 1. The number of hydrogen-bond donors (Lipinski definition) is 3. The van der Waals surface area contributed by atoms with Gasteiger partial charge in [-0.2, -0.15) is 0 Å².